The first kappa shape index (κ1) is 16.4. The molecule has 2 aromatic carbocycles. The minimum absolute atomic E-state index is 0.159. The number of urea groups is 1. The van der Waals surface area contributed by atoms with Gasteiger partial charge in [0.05, 0.1) is 10.0 Å². The molecule has 114 valence electrons. The Kier molecular flexibility index (Phi) is 5.49. The Bertz CT molecular complexity index is 705. The lowest BCUT2D eigenvalue weighted by molar-refractivity contribution is 0.199. The normalized spacial score (nSPS) is 9.95. The van der Waals surface area contributed by atoms with Crippen LogP contribution in [0.4, 0.5) is 15.3 Å². The van der Waals surface area contributed by atoms with Crippen molar-refractivity contribution in [2.24, 2.45) is 0 Å². The number of halogens is 3. The SMILES string of the molecule is O=C(NC(=O)Oc1ccc(Cl)c(Cl)c1)Nc1ccc(Cl)cc1. The van der Waals surface area contributed by atoms with Crippen LogP contribution in [0.5, 0.6) is 5.75 Å². The Labute approximate surface area is 141 Å². The van der Waals surface area contributed by atoms with Crippen molar-refractivity contribution in [1.82, 2.24) is 5.32 Å². The van der Waals surface area contributed by atoms with E-state index in [1.54, 1.807) is 24.3 Å². The molecular weight excluding hydrogens is 351 g/mol. The quantitative estimate of drug-likeness (QED) is 0.795. The molecule has 0 saturated heterocycles. The van der Waals surface area contributed by atoms with Gasteiger partial charge < -0.3 is 10.1 Å². The summed E-state index contributed by atoms with van der Waals surface area (Å²) in [6.45, 7) is 0. The number of nitrogens with one attached hydrogen (secondary N) is 2. The molecule has 3 amide bonds. The summed E-state index contributed by atoms with van der Waals surface area (Å²) in [5.74, 6) is 0.159. The number of hydrogen-bond acceptors (Lipinski definition) is 3. The molecule has 0 spiro atoms. The molecule has 2 aromatic rings. The number of carbonyl (C=O) groups excluding carboxylic acids is 2. The molecule has 0 radical (unpaired) electrons. The number of benzene rings is 2. The number of carbonyl (C=O) groups is 2. The first-order chi connectivity index (χ1) is 10.4. The summed E-state index contributed by atoms with van der Waals surface area (Å²) >= 11 is 17.3. The third-order valence-corrected chi connectivity index (χ3v) is 3.41. The van der Waals surface area contributed by atoms with Crippen molar-refractivity contribution in [1.29, 1.82) is 0 Å². The van der Waals surface area contributed by atoms with Gasteiger partial charge in [-0.2, -0.15) is 0 Å². The van der Waals surface area contributed by atoms with E-state index in [1.165, 1.54) is 18.2 Å². The van der Waals surface area contributed by atoms with Gasteiger partial charge in [0, 0.05) is 16.8 Å². The highest BCUT2D eigenvalue weighted by molar-refractivity contribution is 6.42. The van der Waals surface area contributed by atoms with Crippen molar-refractivity contribution in [2.75, 3.05) is 5.32 Å². The fourth-order valence-electron chi connectivity index (χ4n) is 1.46. The second-order valence-electron chi connectivity index (χ2n) is 4.05. The highest BCUT2D eigenvalue weighted by Gasteiger charge is 2.11. The summed E-state index contributed by atoms with van der Waals surface area (Å²) in [6, 6.07) is 9.92. The zero-order valence-electron chi connectivity index (χ0n) is 10.9. The standard InChI is InChI=1S/C14H9Cl3N2O3/c15-8-1-3-9(4-2-8)18-13(20)19-14(21)22-10-5-6-11(16)12(17)7-10/h1-7H,(H2,18,19,20,21). The van der Waals surface area contributed by atoms with Gasteiger partial charge in [-0.15, -0.1) is 0 Å². The first-order valence-electron chi connectivity index (χ1n) is 5.94. The van der Waals surface area contributed by atoms with Crippen molar-refractivity contribution in [2.45, 2.75) is 0 Å². The lowest BCUT2D eigenvalue weighted by atomic mass is 10.3. The maximum atomic E-state index is 11.6. The molecule has 0 aliphatic heterocycles. The molecule has 0 saturated carbocycles. The van der Waals surface area contributed by atoms with E-state index in [0.717, 1.165) is 0 Å². The topological polar surface area (TPSA) is 67.4 Å². The van der Waals surface area contributed by atoms with Gasteiger partial charge in [0.2, 0.25) is 0 Å². The average molecular weight is 360 g/mol. The Morgan fingerprint density at radius 1 is 0.909 bits per heavy atom. The molecule has 0 heterocycles. The Morgan fingerprint density at radius 3 is 2.23 bits per heavy atom. The second-order valence-corrected chi connectivity index (χ2v) is 5.30. The molecule has 0 aromatic heterocycles. The molecule has 2 N–H and O–H groups in total. The zero-order valence-corrected chi connectivity index (χ0v) is 13.2. The number of hydrogen-bond donors (Lipinski definition) is 2. The zero-order chi connectivity index (χ0) is 16.1. The van der Waals surface area contributed by atoms with Crippen LogP contribution in [0, 0.1) is 0 Å². The van der Waals surface area contributed by atoms with Crippen molar-refractivity contribution in [3.8, 4) is 5.75 Å². The molecule has 0 unspecified atom stereocenters. The molecule has 8 heteroatoms. The predicted octanol–water partition coefficient (Wildman–Crippen LogP) is 4.97. The van der Waals surface area contributed by atoms with E-state index in [1.807, 2.05) is 5.32 Å². The van der Waals surface area contributed by atoms with E-state index in [9.17, 15) is 9.59 Å². The average Bonchev–Trinajstić information content (AvgIpc) is 2.45. The highest BCUT2D eigenvalue weighted by Crippen LogP contribution is 2.26. The van der Waals surface area contributed by atoms with Gasteiger partial charge >= 0.3 is 12.1 Å². The minimum atomic E-state index is -0.954. The summed E-state index contributed by atoms with van der Waals surface area (Å²) in [5, 5.41) is 5.55. The van der Waals surface area contributed by atoms with Crippen LogP contribution in [-0.4, -0.2) is 12.1 Å². The van der Waals surface area contributed by atoms with Crippen molar-refractivity contribution < 1.29 is 14.3 Å². The van der Waals surface area contributed by atoms with Crippen LogP contribution in [-0.2, 0) is 0 Å². The third kappa shape index (κ3) is 4.80. The van der Waals surface area contributed by atoms with Crippen molar-refractivity contribution >= 4 is 52.6 Å². The van der Waals surface area contributed by atoms with Gasteiger partial charge in [-0.3, -0.25) is 0 Å². The summed E-state index contributed by atoms with van der Waals surface area (Å²) in [6.07, 6.45) is -0.954. The van der Waals surface area contributed by atoms with Crippen LogP contribution in [0.25, 0.3) is 0 Å². The van der Waals surface area contributed by atoms with Crippen LogP contribution < -0.4 is 15.4 Å². The smallest absolute Gasteiger partial charge is 0.410 e. The van der Waals surface area contributed by atoms with Crippen LogP contribution in [0.2, 0.25) is 15.1 Å². The Balaban J connectivity index is 1.89. The van der Waals surface area contributed by atoms with Crippen LogP contribution in [0.15, 0.2) is 42.5 Å². The number of anilines is 1. The van der Waals surface area contributed by atoms with E-state index in [4.69, 9.17) is 39.5 Å². The van der Waals surface area contributed by atoms with E-state index < -0.39 is 12.1 Å². The van der Waals surface area contributed by atoms with Crippen molar-refractivity contribution in [3.05, 3.63) is 57.5 Å². The van der Waals surface area contributed by atoms with Gasteiger partial charge in [-0.05, 0) is 36.4 Å². The van der Waals surface area contributed by atoms with Crippen molar-refractivity contribution in [3.63, 3.8) is 0 Å². The Morgan fingerprint density at radius 2 is 1.59 bits per heavy atom. The van der Waals surface area contributed by atoms with E-state index in [2.05, 4.69) is 5.32 Å². The van der Waals surface area contributed by atoms with Crippen LogP contribution in [0.1, 0.15) is 0 Å². The number of amides is 3. The molecular formula is C14H9Cl3N2O3. The highest BCUT2D eigenvalue weighted by atomic mass is 35.5. The maximum Gasteiger partial charge on any atom is 0.420 e. The van der Waals surface area contributed by atoms with Gasteiger partial charge in [0.25, 0.3) is 0 Å². The molecule has 2 rings (SSSR count). The first-order valence-corrected chi connectivity index (χ1v) is 7.08. The summed E-state index contributed by atoms with van der Waals surface area (Å²) in [7, 11) is 0. The summed E-state index contributed by atoms with van der Waals surface area (Å²) < 4.78 is 4.90. The molecule has 22 heavy (non-hydrogen) atoms. The lowest BCUT2D eigenvalue weighted by Gasteiger charge is -2.08. The molecule has 0 atom stereocenters. The second kappa shape index (κ2) is 7.35. The summed E-state index contributed by atoms with van der Waals surface area (Å²) in [5.41, 5.74) is 0.476. The van der Waals surface area contributed by atoms with Crippen LogP contribution in [0.3, 0.4) is 0 Å². The summed E-state index contributed by atoms with van der Waals surface area (Å²) in [4.78, 5) is 23.2. The van der Waals surface area contributed by atoms with Gasteiger partial charge in [-0.1, -0.05) is 34.8 Å². The largest absolute Gasteiger partial charge is 0.420 e. The third-order valence-electron chi connectivity index (χ3n) is 2.42. The van der Waals surface area contributed by atoms with Gasteiger partial charge in [-0.25, -0.2) is 14.9 Å². The lowest BCUT2D eigenvalue weighted by Crippen LogP contribution is -2.36. The molecule has 0 bridgehead atoms. The fraction of sp³-hybridized carbons (Fsp3) is 0. The molecule has 0 aliphatic carbocycles. The fourth-order valence-corrected chi connectivity index (χ4v) is 1.88. The minimum Gasteiger partial charge on any atom is -0.410 e. The monoisotopic (exact) mass is 358 g/mol. The van der Waals surface area contributed by atoms with Gasteiger partial charge in [0.1, 0.15) is 5.75 Å². The number of rotatable bonds is 2. The molecule has 0 aliphatic rings. The van der Waals surface area contributed by atoms with Gasteiger partial charge in [0.15, 0.2) is 0 Å². The molecule has 5 nitrogen and oxygen atoms in total. The Hall–Kier alpha value is -1.95. The number of imide groups is 1. The maximum absolute atomic E-state index is 11.6. The van der Waals surface area contributed by atoms with E-state index in [-0.39, 0.29) is 10.8 Å². The van der Waals surface area contributed by atoms with Crippen LogP contribution >= 0.6 is 34.8 Å². The predicted molar refractivity (Wildman–Crippen MR) is 86.1 cm³/mol. The number of ether oxygens (including phenoxy) is 1. The van der Waals surface area contributed by atoms with E-state index >= 15 is 0 Å². The molecule has 0 fully saturated rings. The van der Waals surface area contributed by atoms with E-state index in [0.29, 0.717) is 15.7 Å².